The van der Waals surface area contributed by atoms with E-state index in [4.69, 9.17) is 11.6 Å². The molecule has 1 aromatic heterocycles. The Hall–Kier alpha value is -1.88. The third-order valence-electron chi connectivity index (χ3n) is 5.47. The molecule has 1 saturated carbocycles. The number of oxime groups is 1. The first kappa shape index (κ1) is 11.7. The summed E-state index contributed by atoms with van der Waals surface area (Å²) in [7, 11) is 0. The number of benzene rings is 1. The summed E-state index contributed by atoms with van der Waals surface area (Å²) in [6.45, 7) is 0. The maximum atomic E-state index is 9.33. The van der Waals surface area contributed by atoms with E-state index in [2.05, 4.69) is 26.6 Å². The molecule has 3 aliphatic carbocycles. The molecule has 2 aromatic rings. The third kappa shape index (κ3) is 1.26. The van der Waals surface area contributed by atoms with Gasteiger partial charge >= 0.3 is 0 Å². The van der Waals surface area contributed by atoms with Gasteiger partial charge in [0, 0.05) is 11.3 Å². The lowest BCUT2D eigenvalue weighted by atomic mass is 9.74. The maximum Gasteiger partial charge on any atom is 0.116 e. The number of nitrogens with zero attached hydrogens (tertiary/aromatic N) is 3. The molecule has 0 unspecified atom stereocenters. The molecule has 5 rings (SSSR count). The van der Waals surface area contributed by atoms with Gasteiger partial charge in [-0.3, -0.25) is 5.10 Å². The molecule has 0 saturated heterocycles. The standard InChI is InChI=1S/C15H13ClN4O/c16-12-11-8-1-2-10-14(18-20-17-10)9(8)6-15(11)4-3-7(5-15)13(12)19-21/h1-2,7,21H,3-6H2,(H,17,18,20)/t7-,15+/m1/s1. The molecule has 5 nitrogen and oxygen atoms in total. The average molecular weight is 301 g/mol. The topological polar surface area (TPSA) is 74.2 Å². The number of nitrogens with one attached hydrogen (secondary N) is 1. The van der Waals surface area contributed by atoms with Gasteiger partial charge in [-0.2, -0.15) is 0 Å². The van der Waals surface area contributed by atoms with Gasteiger partial charge in [0.1, 0.15) is 11.2 Å². The number of fused-ring (bicyclic) bond motifs is 5. The zero-order valence-electron chi connectivity index (χ0n) is 11.2. The summed E-state index contributed by atoms with van der Waals surface area (Å²) in [5, 5.41) is 24.5. The Kier molecular flexibility index (Phi) is 2.04. The molecule has 2 bridgehead atoms. The molecule has 0 amide bonds. The quantitative estimate of drug-likeness (QED) is 0.580. The Morgan fingerprint density at radius 3 is 3.19 bits per heavy atom. The molecular weight excluding hydrogens is 288 g/mol. The second-order valence-corrected chi connectivity index (χ2v) is 6.75. The predicted molar refractivity (Wildman–Crippen MR) is 79.4 cm³/mol. The fourth-order valence-electron chi connectivity index (χ4n) is 4.63. The van der Waals surface area contributed by atoms with Crippen LogP contribution in [0.25, 0.3) is 16.6 Å². The minimum atomic E-state index is 0.103. The van der Waals surface area contributed by atoms with Crippen LogP contribution in [0.15, 0.2) is 22.3 Å². The van der Waals surface area contributed by atoms with Crippen molar-refractivity contribution in [3.63, 3.8) is 0 Å². The molecule has 21 heavy (non-hydrogen) atoms. The highest BCUT2D eigenvalue weighted by Crippen LogP contribution is 2.63. The summed E-state index contributed by atoms with van der Waals surface area (Å²) < 4.78 is 0. The smallest absolute Gasteiger partial charge is 0.116 e. The van der Waals surface area contributed by atoms with Crippen LogP contribution in [0, 0.1) is 11.3 Å². The molecule has 106 valence electrons. The van der Waals surface area contributed by atoms with Crippen molar-refractivity contribution in [2.75, 3.05) is 0 Å². The van der Waals surface area contributed by atoms with Crippen LogP contribution in [0.1, 0.15) is 30.4 Å². The van der Waals surface area contributed by atoms with Crippen molar-refractivity contribution in [2.24, 2.45) is 16.5 Å². The molecule has 0 radical (unpaired) electrons. The van der Waals surface area contributed by atoms with E-state index in [-0.39, 0.29) is 11.3 Å². The fourth-order valence-corrected chi connectivity index (χ4v) is 5.12. The molecule has 2 atom stereocenters. The number of hydrogen-bond acceptors (Lipinski definition) is 4. The van der Waals surface area contributed by atoms with Crippen LogP contribution in [0.5, 0.6) is 0 Å². The Balaban J connectivity index is 1.87. The molecule has 2 N–H and O–H groups in total. The number of aromatic amines is 1. The van der Waals surface area contributed by atoms with Gasteiger partial charge in [0.25, 0.3) is 0 Å². The van der Waals surface area contributed by atoms with Crippen molar-refractivity contribution >= 4 is 33.9 Å². The van der Waals surface area contributed by atoms with Gasteiger partial charge in [-0.25, -0.2) is 0 Å². The van der Waals surface area contributed by atoms with Crippen molar-refractivity contribution < 1.29 is 5.21 Å². The van der Waals surface area contributed by atoms with Gasteiger partial charge in [-0.15, -0.1) is 5.10 Å². The summed E-state index contributed by atoms with van der Waals surface area (Å²) in [4.78, 5) is 0. The summed E-state index contributed by atoms with van der Waals surface area (Å²) >= 11 is 6.61. The average Bonchev–Trinajstić information content (AvgIpc) is 3.15. The van der Waals surface area contributed by atoms with Gasteiger partial charge in [-0.05, 0) is 48.4 Å². The SMILES string of the molecule is ON=C1C(Cl)=C2c3ccc4[nH]nnc4c3C[C@@]23CC[C@@H]1C3. The number of hydrogen-bond donors (Lipinski definition) is 2. The van der Waals surface area contributed by atoms with E-state index in [1.807, 2.05) is 6.07 Å². The lowest BCUT2D eigenvalue weighted by molar-refractivity contribution is 0.313. The van der Waals surface area contributed by atoms with Crippen LogP contribution in [0.3, 0.4) is 0 Å². The van der Waals surface area contributed by atoms with E-state index < -0.39 is 0 Å². The zero-order valence-corrected chi connectivity index (χ0v) is 12.0. The monoisotopic (exact) mass is 300 g/mol. The number of aromatic nitrogens is 3. The largest absolute Gasteiger partial charge is 0.411 e. The minimum Gasteiger partial charge on any atom is -0.411 e. The Morgan fingerprint density at radius 2 is 2.33 bits per heavy atom. The number of rotatable bonds is 0. The van der Waals surface area contributed by atoms with Crippen LogP contribution >= 0.6 is 11.6 Å². The fraction of sp³-hybridized carbons (Fsp3) is 0.400. The predicted octanol–water partition coefficient (Wildman–Crippen LogP) is 3.09. The van der Waals surface area contributed by atoms with E-state index in [0.717, 1.165) is 47.9 Å². The highest BCUT2D eigenvalue weighted by Gasteiger charge is 2.54. The normalized spacial score (nSPS) is 32.0. The number of halogens is 1. The van der Waals surface area contributed by atoms with E-state index >= 15 is 0 Å². The second-order valence-electron chi connectivity index (χ2n) is 6.37. The van der Waals surface area contributed by atoms with Crippen molar-refractivity contribution in [3.8, 4) is 0 Å². The molecule has 1 fully saturated rings. The summed E-state index contributed by atoms with van der Waals surface area (Å²) in [6.07, 6.45) is 4.12. The molecule has 3 aliphatic rings. The first-order valence-electron chi connectivity index (χ1n) is 7.19. The van der Waals surface area contributed by atoms with Crippen molar-refractivity contribution in [2.45, 2.75) is 25.7 Å². The summed E-state index contributed by atoms with van der Waals surface area (Å²) in [6, 6.07) is 4.10. The van der Waals surface area contributed by atoms with E-state index in [1.54, 1.807) is 0 Å². The molecule has 6 heteroatoms. The van der Waals surface area contributed by atoms with Gasteiger partial charge in [0.15, 0.2) is 0 Å². The van der Waals surface area contributed by atoms with Crippen LogP contribution in [0.4, 0.5) is 0 Å². The lowest BCUT2D eigenvalue weighted by Crippen LogP contribution is -2.26. The number of allylic oxidation sites excluding steroid dienone is 2. The van der Waals surface area contributed by atoms with Crippen molar-refractivity contribution in [1.29, 1.82) is 0 Å². The van der Waals surface area contributed by atoms with Gasteiger partial charge in [-0.1, -0.05) is 28.0 Å². The maximum absolute atomic E-state index is 9.33. The summed E-state index contributed by atoms with van der Waals surface area (Å²) in [5.41, 5.74) is 6.21. The number of H-pyrrole nitrogens is 1. The molecule has 0 aliphatic heterocycles. The molecule has 1 spiro atoms. The van der Waals surface area contributed by atoms with E-state index in [0.29, 0.717) is 10.7 Å². The Bertz CT molecular complexity index is 852. The van der Waals surface area contributed by atoms with E-state index in [9.17, 15) is 5.21 Å². The highest BCUT2D eigenvalue weighted by atomic mass is 35.5. The molecular formula is C15H13ClN4O. The first-order chi connectivity index (χ1) is 10.2. The first-order valence-corrected chi connectivity index (χ1v) is 7.57. The molecule has 1 heterocycles. The van der Waals surface area contributed by atoms with Crippen molar-refractivity contribution in [3.05, 3.63) is 28.3 Å². The van der Waals surface area contributed by atoms with Gasteiger partial charge < -0.3 is 5.21 Å². The highest BCUT2D eigenvalue weighted by molar-refractivity contribution is 6.47. The Morgan fingerprint density at radius 1 is 1.43 bits per heavy atom. The van der Waals surface area contributed by atoms with E-state index in [1.165, 1.54) is 5.56 Å². The third-order valence-corrected chi connectivity index (χ3v) is 5.85. The zero-order chi connectivity index (χ0) is 14.2. The van der Waals surface area contributed by atoms with Crippen LogP contribution in [-0.2, 0) is 6.42 Å². The van der Waals surface area contributed by atoms with Crippen LogP contribution in [0.2, 0.25) is 0 Å². The van der Waals surface area contributed by atoms with Crippen LogP contribution < -0.4 is 0 Å². The minimum absolute atomic E-state index is 0.103. The molecule has 1 aromatic carbocycles. The lowest BCUT2D eigenvalue weighted by Gasteiger charge is -2.31. The van der Waals surface area contributed by atoms with Crippen LogP contribution in [-0.4, -0.2) is 26.3 Å². The van der Waals surface area contributed by atoms with Gasteiger partial charge in [0.05, 0.1) is 10.5 Å². The second kappa shape index (κ2) is 3.65. The van der Waals surface area contributed by atoms with Crippen molar-refractivity contribution in [1.82, 2.24) is 15.4 Å². The Labute approximate surface area is 125 Å². The van der Waals surface area contributed by atoms with Gasteiger partial charge in [0.2, 0.25) is 0 Å². The summed E-state index contributed by atoms with van der Waals surface area (Å²) in [5.74, 6) is 0.286.